The molecule has 0 saturated heterocycles. The molecule has 1 rings (SSSR count). The first kappa shape index (κ1) is 13.5. The topological polar surface area (TPSA) is 46.5 Å². The van der Waals surface area contributed by atoms with Crippen molar-refractivity contribution in [1.29, 1.82) is 0 Å². The molecule has 0 radical (unpaired) electrons. The van der Waals surface area contributed by atoms with Crippen LogP contribution in [-0.2, 0) is 9.53 Å². The van der Waals surface area contributed by atoms with Crippen LogP contribution in [0.3, 0.4) is 0 Å². The lowest BCUT2D eigenvalue weighted by molar-refractivity contribution is -0.143. The molecule has 3 nitrogen and oxygen atoms in total. The van der Waals surface area contributed by atoms with Gasteiger partial charge < -0.3 is 9.84 Å². The lowest BCUT2D eigenvalue weighted by atomic mass is 9.98. The van der Waals surface area contributed by atoms with Gasteiger partial charge in [0.25, 0.3) is 0 Å². The first-order valence-electron chi connectivity index (χ1n) is 5.57. The van der Waals surface area contributed by atoms with Crippen molar-refractivity contribution in [3.8, 4) is 0 Å². The van der Waals surface area contributed by atoms with Gasteiger partial charge in [-0.2, -0.15) is 0 Å². The molecule has 0 heterocycles. The van der Waals surface area contributed by atoms with Gasteiger partial charge in [0.1, 0.15) is 6.10 Å². The van der Waals surface area contributed by atoms with Crippen LogP contribution in [0.1, 0.15) is 31.1 Å². The van der Waals surface area contributed by atoms with Crippen LogP contribution in [0.15, 0.2) is 36.4 Å². The second kappa shape index (κ2) is 5.64. The summed E-state index contributed by atoms with van der Waals surface area (Å²) in [5.41, 5.74) is 1.66. The third-order valence-electron chi connectivity index (χ3n) is 2.42. The first-order valence-corrected chi connectivity index (χ1v) is 5.57. The minimum Gasteiger partial charge on any atom is -0.460 e. The molecule has 1 aromatic rings. The summed E-state index contributed by atoms with van der Waals surface area (Å²) in [6.07, 6.45) is -1.23. The number of carbonyl (C=O) groups excluding carboxylic acids is 1. The molecule has 1 atom stereocenters. The van der Waals surface area contributed by atoms with Gasteiger partial charge in [-0.15, -0.1) is 0 Å². The average Bonchev–Trinajstić information content (AvgIpc) is 2.27. The van der Waals surface area contributed by atoms with Crippen LogP contribution in [0.4, 0.5) is 0 Å². The zero-order chi connectivity index (χ0) is 13.0. The largest absolute Gasteiger partial charge is 0.460 e. The SMILES string of the molecule is C=C(C(=O)OC(C)C)C(O)c1ccccc1C. The van der Waals surface area contributed by atoms with Crippen molar-refractivity contribution in [2.24, 2.45) is 0 Å². The quantitative estimate of drug-likeness (QED) is 0.643. The molecule has 0 spiro atoms. The normalized spacial score (nSPS) is 12.3. The standard InChI is InChI=1S/C14H18O3/c1-9(2)17-14(16)11(4)13(15)12-8-6-5-7-10(12)3/h5-9,13,15H,4H2,1-3H3. The predicted molar refractivity (Wildman–Crippen MR) is 66.5 cm³/mol. The lowest BCUT2D eigenvalue weighted by Gasteiger charge is -2.16. The fraction of sp³-hybridized carbons (Fsp3) is 0.357. The zero-order valence-corrected chi connectivity index (χ0v) is 10.4. The summed E-state index contributed by atoms with van der Waals surface area (Å²) in [7, 11) is 0. The molecular formula is C14H18O3. The van der Waals surface area contributed by atoms with Gasteiger partial charge >= 0.3 is 5.97 Å². The van der Waals surface area contributed by atoms with Gasteiger partial charge in [0, 0.05) is 0 Å². The van der Waals surface area contributed by atoms with E-state index in [9.17, 15) is 9.90 Å². The second-order valence-electron chi connectivity index (χ2n) is 4.24. The molecule has 17 heavy (non-hydrogen) atoms. The van der Waals surface area contributed by atoms with Crippen LogP contribution < -0.4 is 0 Å². The molecule has 92 valence electrons. The van der Waals surface area contributed by atoms with Crippen LogP contribution in [0, 0.1) is 6.92 Å². The maximum absolute atomic E-state index is 11.6. The Balaban J connectivity index is 2.84. The number of esters is 1. The molecule has 3 heteroatoms. The Labute approximate surface area is 102 Å². The van der Waals surface area contributed by atoms with Crippen LogP contribution in [0.25, 0.3) is 0 Å². The van der Waals surface area contributed by atoms with Crippen molar-refractivity contribution in [3.63, 3.8) is 0 Å². The van der Waals surface area contributed by atoms with E-state index >= 15 is 0 Å². The van der Waals surface area contributed by atoms with E-state index in [-0.39, 0.29) is 11.7 Å². The van der Waals surface area contributed by atoms with E-state index in [1.165, 1.54) is 0 Å². The monoisotopic (exact) mass is 234 g/mol. The molecule has 1 unspecified atom stereocenters. The van der Waals surface area contributed by atoms with Crippen LogP contribution >= 0.6 is 0 Å². The molecule has 1 aromatic carbocycles. The summed E-state index contributed by atoms with van der Waals surface area (Å²) >= 11 is 0. The molecule has 0 aliphatic carbocycles. The number of hydrogen-bond donors (Lipinski definition) is 1. The molecule has 0 saturated carbocycles. The lowest BCUT2D eigenvalue weighted by Crippen LogP contribution is -2.18. The van der Waals surface area contributed by atoms with Gasteiger partial charge in [-0.3, -0.25) is 0 Å². The number of hydrogen-bond acceptors (Lipinski definition) is 3. The van der Waals surface area contributed by atoms with Crippen LogP contribution in [0.2, 0.25) is 0 Å². The molecule has 1 N–H and O–H groups in total. The minimum atomic E-state index is -1.01. The summed E-state index contributed by atoms with van der Waals surface area (Å²) in [4.78, 5) is 11.6. The highest BCUT2D eigenvalue weighted by Crippen LogP contribution is 2.24. The number of aliphatic hydroxyl groups is 1. The van der Waals surface area contributed by atoms with Crippen molar-refractivity contribution in [3.05, 3.63) is 47.5 Å². The van der Waals surface area contributed by atoms with Crippen LogP contribution in [-0.4, -0.2) is 17.2 Å². The van der Waals surface area contributed by atoms with E-state index < -0.39 is 12.1 Å². The van der Waals surface area contributed by atoms with Gasteiger partial charge in [-0.05, 0) is 31.9 Å². The highest BCUT2D eigenvalue weighted by atomic mass is 16.5. The number of benzene rings is 1. The van der Waals surface area contributed by atoms with Crippen molar-refractivity contribution in [1.82, 2.24) is 0 Å². The Morgan fingerprint density at radius 1 is 1.35 bits per heavy atom. The minimum absolute atomic E-state index is 0.0630. The molecule has 0 amide bonds. The van der Waals surface area contributed by atoms with E-state index in [1.807, 2.05) is 25.1 Å². The smallest absolute Gasteiger partial charge is 0.336 e. The zero-order valence-electron chi connectivity index (χ0n) is 10.4. The number of carbonyl (C=O) groups is 1. The fourth-order valence-corrected chi connectivity index (χ4v) is 1.48. The maximum atomic E-state index is 11.6. The van der Waals surface area contributed by atoms with E-state index in [2.05, 4.69) is 6.58 Å². The first-order chi connectivity index (χ1) is 7.93. The summed E-state index contributed by atoms with van der Waals surface area (Å²) in [6, 6.07) is 7.33. The molecular weight excluding hydrogens is 216 g/mol. The Morgan fingerprint density at radius 3 is 2.47 bits per heavy atom. The highest BCUT2D eigenvalue weighted by molar-refractivity contribution is 5.89. The fourth-order valence-electron chi connectivity index (χ4n) is 1.48. The van der Waals surface area contributed by atoms with E-state index in [4.69, 9.17) is 4.74 Å². The highest BCUT2D eigenvalue weighted by Gasteiger charge is 2.21. The summed E-state index contributed by atoms with van der Waals surface area (Å²) in [5, 5.41) is 10.1. The van der Waals surface area contributed by atoms with Gasteiger partial charge in [-0.25, -0.2) is 4.79 Å². The van der Waals surface area contributed by atoms with Crippen molar-refractivity contribution >= 4 is 5.97 Å². The number of rotatable bonds is 4. The second-order valence-corrected chi connectivity index (χ2v) is 4.24. The van der Waals surface area contributed by atoms with Crippen molar-refractivity contribution in [2.75, 3.05) is 0 Å². The Hall–Kier alpha value is -1.61. The maximum Gasteiger partial charge on any atom is 0.336 e. The van der Waals surface area contributed by atoms with Crippen molar-refractivity contribution < 1.29 is 14.6 Å². The third kappa shape index (κ3) is 3.43. The van der Waals surface area contributed by atoms with E-state index in [1.54, 1.807) is 19.9 Å². The third-order valence-corrected chi connectivity index (χ3v) is 2.42. The molecule has 0 aliphatic heterocycles. The Kier molecular flexibility index (Phi) is 4.46. The van der Waals surface area contributed by atoms with E-state index in [0.29, 0.717) is 5.56 Å². The Morgan fingerprint density at radius 2 is 1.94 bits per heavy atom. The van der Waals surface area contributed by atoms with Gasteiger partial charge in [0.2, 0.25) is 0 Å². The molecule has 0 aliphatic rings. The van der Waals surface area contributed by atoms with Gasteiger partial charge in [0.05, 0.1) is 11.7 Å². The number of ether oxygens (including phenoxy) is 1. The van der Waals surface area contributed by atoms with Gasteiger partial charge in [-0.1, -0.05) is 30.8 Å². The average molecular weight is 234 g/mol. The molecule has 0 bridgehead atoms. The van der Waals surface area contributed by atoms with Gasteiger partial charge in [0.15, 0.2) is 0 Å². The predicted octanol–water partition coefficient (Wildman–Crippen LogP) is 2.54. The number of aliphatic hydroxyl groups excluding tert-OH is 1. The summed E-state index contributed by atoms with van der Waals surface area (Å²) < 4.78 is 5.00. The summed E-state index contributed by atoms with van der Waals surface area (Å²) in [6.45, 7) is 8.99. The van der Waals surface area contributed by atoms with E-state index in [0.717, 1.165) is 5.56 Å². The molecule has 0 aromatic heterocycles. The van der Waals surface area contributed by atoms with Crippen LogP contribution in [0.5, 0.6) is 0 Å². The summed E-state index contributed by atoms with van der Waals surface area (Å²) in [5.74, 6) is -0.559. The molecule has 0 fully saturated rings. The van der Waals surface area contributed by atoms with Crippen molar-refractivity contribution in [2.45, 2.75) is 33.0 Å². The Bertz CT molecular complexity index is 421. The number of aryl methyl sites for hydroxylation is 1.